The molecule has 0 saturated heterocycles. The molecule has 0 saturated carbocycles. The maximum atomic E-state index is 9.58. The van der Waals surface area contributed by atoms with Crippen molar-refractivity contribution in [3.05, 3.63) is 45.6 Å². The van der Waals surface area contributed by atoms with E-state index in [1.54, 1.807) is 25.4 Å². The Morgan fingerprint density at radius 1 is 1.15 bits per heavy atom. The highest BCUT2D eigenvalue weighted by Gasteiger charge is 2.09. The first kappa shape index (κ1) is 14.9. The second-order valence-electron chi connectivity index (χ2n) is 4.60. The van der Waals surface area contributed by atoms with Crippen molar-refractivity contribution in [1.82, 2.24) is 0 Å². The summed E-state index contributed by atoms with van der Waals surface area (Å²) in [6, 6.07) is 9.74. The molecular weight excluding hydrogens is 272 g/mol. The van der Waals surface area contributed by atoms with E-state index in [0.717, 1.165) is 12.0 Å². The van der Waals surface area contributed by atoms with Crippen LogP contribution in [0, 0.1) is 0 Å². The molecule has 0 aliphatic carbocycles. The molecule has 2 rings (SSSR count). The van der Waals surface area contributed by atoms with Crippen molar-refractivity contribution in [2.45, 2.75) is 33.0 Å². The largest absolute Gasteiger partial charge is 0.493 e. The third kappa shape index (κ3) is 3.52. The highest BCUT2D eigenvalue weighted by Crippen LogP contribution is 2.31. The topological polar surface area (TPSA) is 38.7 Å². The molecule has 108 valence electrons. The van der Waals surface area contributed by atoms with Crippen LogP contribution in [0.5, 0.6) is 11.5 Å². The van der Waals surface area contributed by atoms with Gasteiger partial charge in [0.05, 0.1) is 13.2 Å². The van der Waals surface area contributed by atoms with Crippen LogP contribution >= 0.6 is 11.3 Å². The molecule has 2 aromatic rings. The molecule has 0 amide bonds. The van der Waals surface area contributed by atoms with Gasteiger partial charge in [-0.3, -0.25) is 0 Å². The average molecular weight is 292 g/mol. The molecule has 1 atom stereocenters. The van der Waals surface area contributed by atoms with Crippen molar-refractivity contribution < 1.29 is 14.6 Å². The minimum absolute atomic E-state index is 0.512. The molecule has 4 heteroatoms. The zero-order valence-corrected chi connectivity index (χ0v) is 12.9. The number of aliphatic hydroxyl groups is 1. The molecule has 0 aliphatic rings. The summed E-state index contributed by atoms with van der Waals surface area (Å²) in [7, 11) is 1.61. The number of ether oxygens (including phenoxy) is 2. The van der Waals surface area contributed by atoms with E-state index < -0.39 is 6.10 Å². The van der Waals surface area contributed by atoms with Gasteiger partial charge in [0, 0.05) is 9.75 Å². The third-order valence-corrected chi connectivity index (χ3v) is 4.31. The number of aryl methyl sites for hydroxylation is 1. The summed E-state index contributed by atoms with van der Waals surface area (Å²) >= 11 is 1.77. The van der Waals surface area contributed by atoms with Crippen LogP contribution in [-0.4, -0.2) is 12.2 Å². The Morgan fingerprint density at radius 3 is 2.50 bits per heavy atom. The van der Waals surface area contributed by atoms with Crippen molar-refractivity contribution in [2.75, 3.05) is 7.11 Å². The lowest BCUT2D eigenvalue weighted by molar-refractivity contribution is 0.198. The number of aliphatic hydroxyl groups excluding tert-OH is 1. The predicted octanol–water partition coefficient (Wildman–Crippen LogP) is 3.95. The van der Waals surface area contributed by atoms with E-state index in [9.17, 15) is 5.11 Å². The maximum absolute atomic E-state index is 9.58. The van der Waals surface area contributed by atoms with Crippen LogP contribution in [0.25, 0.3) is 0 Å². The molecule has 0 bridgehead atoms. The van der Waals surface area contributed by atoms with E-state index in [-0.39, 0.29) is 0 Å². The maximum Gasteiger partial charge on any atom is 0.161 e. The van der Waals surface area contributed by atoms with E-state index in [1.807, 2.05) is 18.2 Å². The Morgan fingerprint density at radius 2 is 1.90 bits per heavy atom. The molecule has 0 spiro atoms. The second-order valence-corrected chi connectivity index (χ2v) is 5.85. The first-order valence-corrected chi connectivity index (χ1v) is 7.52. The molecule has 0 radical (unpaired) electrons. The number of rotatable bonds is 6. The van der Waals surface area contributed by atoms with E-state index in [1.165, 1.54) is 9.75 Å². The van der Waals surface area contributed by atoms with Gasteiger partial charge in [-0.05, 0) is 43.2 Å². The number of benzene rings is 1. The van der Waals surface area contributed by atoms with Crippen LogP contribution in [0.4, 0.5) is 0 Å². The van der Waals surface area contributed by atoms with Gasteiger partial charge in [-0.2, -0.15) is 0 Å². The number of thiophene rings is 1. The van der Waals surface area contributed by atoms with Crippen LogP contribution in [0.1, 0.15) is 35.3 Å². The number of hydrogen-bond acceptors (Lipinski definition) is 4. The standard InChI is InChI=1S/C16H20O3S/c1-4-13-6-7-14(20-13)10-19-15-8-5-12(11(2)17)9-16(15)18-3/h5-9,11,17H,4,10H2,1-3H3/t11-/m1/s1. The van der Waals surface area contributed by atoms with Gasteiger partial charge < -0.3 is 14.6 Å². The van der Waals surface area contributed by atoms with E-state index in [4.69, 9.17) is 9.47 Å². The lowest BCUT2D eigenvalue weighted by Crippen LogP contribution is -1.98. The average Bonchev–Trinajstić information content (AvgIpc) is 2.92. The summed E-state index contributed by atoms with van der Waals surface area (Å²) < 4.78 is 11.1. The Bertz CT molecular complexity index is 561. The Labute approximate surface area is 123 Å². The van der Waals surface area contributed by atoms with Crippen molar-refractivity contribution in [2.24, 2.45) is 0 Å². The minimum atomic E-state index is -0.512. The van der Waals surface area contributed by atoms with Crippen molar-refractivity contribution >= 4 is 11.3 Å². The van der Waals surface area contributed by atoms with E-state index >= 15 is 0 Å². The molecule has 1 aromatic carbocycles. The quantitative estimate of drug-likeness (QED) is 0.876. The number of hydrogen-bond donors (Lipinski definition) is 1. The first-order chi connectivity index (χ1) is 9.63. The van der Waals surface area contributed by atoms with Gasteiger partial charge in [-0.15, -0.1) is 11.3 Å². The fraction of sp³-hybridized carbons (Fsp3) is 0.375. The summed E-state index contributed by atoms with van der Waals surface area (Å²) in [4.78, 5) is 2.56. The third-order valence-electron chi connectivity index (χ3n) is 3.11. The smallest absolute Gasteiger partial charge is 0.161 e. The predicted molar refractivity (Wildman–Crippen MR) is 81.7 cm³/mol. The summed E-state index contributed by atoms with van der Waals surface area (Å²) in [6.45, 7) is 4.41. The Hall–Kier alpha value is -1.52. The molecular formula is C16H20O3S. The molecule has 1 N–H and O–H groups in total. The van der Waals surface area contributed by atoms with E-state index in [2.05, 4.69) is 19.1 Å². The second kappa shape index (κ2) is 6.77. The molecule has 0 unspecified atom stereocenters. The fourth-order valence-electron chi connectivity index (χ4n) is 1.90. The highest BCUT2D eigenvalue weighted by molar-refractivity contribution is 7.11. The van der Waals surface area contributed by atoms with Crippen molar-refractivity contribution in [3.8, 4) is 11.5 Å². The van der Waals surface area contributed by atoms with Crippen molar-refractivity contribution in [3.63, 3.8) is 0 Å². The normalized spacial score (nSPS) is 12.2. The van der Waals surface area contributed by atoms with Gasteiger partial charge in [-0.1, -0.05) is 13.0 Å². The molecule has 3 nitrogen and oxygen atoms in total. The first-order valence-electron chi connectivity index (χ1n) is 6.70. The van der Waals surface area contributed by atoms with Gasteiger partial charge in [-0.25, -0.2) is 0 Å². The van der Waals surface area contributed by atoms with Gasteiger partial charge in [0.2, 0.25) is 0 Å². The monoisotopic (exact) mass is 292 g/mol. The van der Waals surface area contributed by atoms with Crippen LogP contribution < -0.4 is 9.47 Å². The highest BCUT2D eigenvalue weighted by atomic mass is 32.1. The number of methoxy groups -OCH3 is 1. The Balaban J connectivity index is 2.08. The summed E-state index contributed by atoms with van der Waals surface area (Å²) in [5, 5.41) is 9.58. The van der Waals surface area contributed by atoms with Gasteiger partial charge >= 0.3 is 0 Å². The minimum Gasteiger partial charge on any atom is -0.493 e. The van der Waals surface area contributed by atoms with Gasteiger partial charge in [0.1, 0.15) is 6.61 Å². The molecule has 20 heavy (non-hydrogen) atoms. The van der Waals surface area contributed by atoms with Crippen molar-refractivity contribution in [1.29, 1.82) is 0 Å². The summed E-state index contributed by atoms with van der Waals surface area (Å²) in [5.74, 6) is 1.35. The molecule has 0 fully saturated rings. The summed E-state index contributed by atoms with van der Waals surface area (Å²) in [6.07, 6.45) is 0.541. The van der Waals surface area contributed by atoms with Crippen LogP contribution in [0.3, 0.4) is 0 Å². The zero-order chi connectivity index (χ0) is 14.5. The molecule has 0 aliphatic heterocycles. The lowest BCUT2D eigenvalue weighted by atomic mass is 10.1. The van der Waals surface area contributed by atoms with E-state index in [0.29, 0.717) is 18.1 Å². The molecule has 1 heterocycles. The zero-order valence-electron chi connectivity index (χ0n) is 12.1. The van der Waals surface area contributed by atoms with Crippen LogP contribution in [0.2, 0.25) is 0 Å². The van der Waals surface area contributed by atoms with Crippen LogP contribution in [-0.2, 0) is 13.0 Å². The lowest BCUT2D eigenvalue weighted by Gasteiger charge is -2.12. The fourth-order valence-corrected chi connectivity index (χ4v) is 2.77. The molecule has 1 aromatic heterocycles. The Kier molecular flexibility index (Phi) is 5.04. The van der Waals surface area contributed by atoms with Crippen LogP contribution in [0.15, 0.2) is 30.3 Å². The SMILES string of the molecule is CCc1ccc(COc2ccc([C@@H](C)O)cc2OC)s1. The summed E-state index contributed by atoms with van der Waals surface area (Å²) in [5.41, 5.74) is 0.818. The van der Waals surface area contributed by atoms with Gasteiger partial charge in [0.25, 0.3) is 0 Å². The van der Waals surface area contributed by atoms with Gasteiger partial charge in [0.15, 0.2) is 11.5 Å².